The van der Waals surface area contributed by atoms with Crippen LogP contribution < -0.4 is 5.43 Å². The molecular formula is C23H18O2. The zero-order valence-electron chi connectivity index (χ0n) is 14.2. The Bertz CT molecular complexity index is 1100. The van der Waals surface area contributed by atoms with Crippen LogP contribution in [0.2, 0.25) is 0 Å². The van der Waals surface area contributed by atoms with Gasteiger partial charge in [-0.2, -0.15) is 0 Å². The fourth-order valence-electron chi connectivity index (χ4n) is 3.08. The van der Waals surface area contributed by atoms with E-state index < -0.39 is 0 Å². The van der Waals surface area contributed by atoms with Crippen molar-refractivity contribution in [1.82, 2.24) is 0 Å². The van der Waals surface area contributed by atoms with Crippen LogP contribution in [0.1, 0.15) is 11.1 Å². The highest BCUT2D eigenvalue weighted by molar-refractivity contribution is 5.89. The van der Waals surface area contributed by atoms with Crippen molar-refractivity contribution in [3.05, 3.63) is 94.1 Å². The molecule has 0 fully saturated rings. The van der Waals surface area contributed by atoms with Crippen molar-refractivity contribution in [2.24, 2.45) is 0 Å². The van der Waals surface area contributed by atoms with E-state index in [-0.39, 0.29) is 5.43 Å². The first kappa shape index (κ1) is 15.4. The molecule has 1 heterocycles. The average Bonchev–Trinajstić information content (AvgIpc) is 2.62. The molecule has 25 heavy (non-hydrogen) atoms. The van der Waals surface area contributed by atoms with Crippen LogP contribution in [0.15, 0.2) is 82.0 Å². The van der Waals surface area contributed by atoms with Crippen LogP contribution in [-0.4, -0.2) is 0 Å². The molecule has 0 bridgehead atoms. The number of aryl methyl sites for hydroxylation is 2. The molecule has 0 radical (unpaired) electrons. The normalized spacial score (nSPS) is 11.0. The molecule has 2 nitrogen and oxygen atoms in total. The minimum absolute atomic E-state index is 0.00280. The third-order valence-electron chi connectivity index (χ3n) is 4.42. The van der Waals surface area contributed by atoms with Gasteiger partial charge in [0.2, 0.25) is 5.43 Å². The highest BCUT2D eigenvalue weighted by Crippen LogP contribution is 2.32. The van der Waals surface area contributed by atoms with Gasteiger partial charge < -0.3 is 4.42 Å². The van der Waals surface area contributed by atoms with E-state index in [0.717, 1.165) is 16.7 Å². The van der Waals surface area contributed by atoms with Crippen molar-refractivity contribution < 1.29 is 4.42 Å². The van der Waals surface area contributed by atoms with Crippen molar-refractivity contribution in [2.75, 3.05) is 0 Å². The minimum atomic E-state index is 0.00280. The molecule has 0 aliphatic heterocycles. The second-order valence-corrected chi connectivity index (χ2v) is 6.37. The van der Waals surface area contributed by atoms with Crippen molar-refractivity contribution in [1.29, 1.82) is 0 Å². The summed E-state index contributed by atoms with van der Waals surface area (Å²) in [5.41, 5.74) is 5.25. The van der Waals surface area contributed by atoms with Crippen molar-refractivity contribution in [2.45, 2.75) is 13.8 Å². The number of hydrogen-bond donors (Lipinski definition) is 0. The molecule has 3 aromatic carbocycles. The highest BCUT2D eigenvalue weighted by atomic mass is 16.3. The van der Waals surface area contributed by atoms with Crippen LogP contribution in [0, 0.1) is 13.8 Å². The van der Waals surface area contributed by atoms with Gasteiger partial charge in [0, 0.05) is 5.56 Å². The summed E-state index contributed by atoms with van der Waals surface area (Å²) in [7, 11) is 0. The fourth-order valence-corrected chi connectivity index (χ4v) is 3.08. The first-order chi connectivity index (χ1) is 12.1. The Morgan fingerprint density at radius 2 is 1.40 bits per heavy atom. The summed E-state index contributed by atoms with van der Waals surface area (Å²) in [6.45, 7) is 4.04. The molecule has 122 valence electrons. The highest BCUT2D eigenvalue weighted by Gasteiger charge is 2.17. The predicted octanol–water partition coefficient (Wildman–Crippen LogP) is 5.74. The second-order valence-electron chi connectivity index (χ2n) is 6.37. The SMILES string of the molecule is Cc1ccc(-c2oc3cc(C)ccc3c(=O)c2-c2ccccc2)cc1. The van der Waals surface area contributed by atoms with E-state index in [1.54, 1.807) is 0 Å². The lowest BCUT2D eigenvalue weighted by Crippen LogP contribution is -2.07. The van der Waals surface area contributed by atoms with E-state index in [1.165, 1.54) is 5.56 Å². The maximum Gasteiger partial charge on any atom is 0.201 e. The standard InChI is InChI=1S/C23H18O2/c1-15-8-11-18(12-9-15)23-21(17-6-4-3-5-7-17)22(24)19-13-10-16(2)14-20(19)25-23/h3-14H,1-2H3. The van der Waals surface area contributed by atoms with Crippen LogP contribution in [0.3, 0.4) is 0 Å². The summed E-state index contributed by atoms with van der Waals surface area (Å²) in [5, 5.41) is 0.611. The molecule has 0 spiro atoms. The maximum atomic E-state index is 13.2. The van der Waals surface area contributed by atoms with Crippen LogP contribution in [-0.2, 0) is 0 Å². The molecule has 4 rings (SSSR count). The Morgan fingerprint density at radius 1 is 0.720 bits per heavy atom. The van der Waals surface area contributed by atoms with Gasteiger partial charge in [-0.25, -0.2) is 0 Å². The van der Waals surface area contributed by atoms with Gasteiger partial charge in [-0.05, 0) is 37.1 Å². The second kappa shape index (κ2) is 6.06. The van der Waals surface area contributed by atoms with Gasteiger partial charge in [0.25, 0.3) is 0 Å². The predicted molar refractivity (Wildman–Crippen MR) is 103 cm³/mol. The van der Waals surface area contributed by atoms with E-state index in [9.17, 15) is 4.79 Å². The topological polar surface area (TPSA) is 30.2 Å². The zero-order valence-corrected chi connectivity index (χ0v) is 14.2. The van der Waals surface area contributed by atoms with E-state index in [0.29, 0.717) is 22.3 Å². The van der Waals surface area contributed by atoms with Crippen molar-refractivity contribution in [3.63, 3.8) is 0 Å². The molecule has 0 aliphatic rings. The molecule has 0 amide bonds. The number of hydrogen-bond acceptors (Lipinski definition) is 2. The number of fused-ring (bicyclic) bond motifs is 1. The van der Waals surface area contributed by atoms with E-state index >= 15 is 0 Å². The number of rotatable bonds is 2. The molecule has 4 aromatic rings. The Morgan fingerprint density at radius 3 is 2.12 bits per heavy atom. The Kier molecular flexibility index (Phi) is 3.73. The van der Waals surface area contributed by atoms with E-state index in [4.69, 9.17) is 4.42 Å². The molecule has 1 aromatic heterocycles. The summed E-state index contributed by atoms with van der Waals surface area (Å²) in [4.78, 5) is 13.2. The maximum absolute atomic E-state index is 13.2. The summed E-state index contributed by atoms with van der Waals surface area (Å²) < 4.78 is 6.23. The van der Waals surface area contributed by atoms with Crippen LogP contribution >= 0.6 is 0 Å². The number of benzene rings is 3. The molecule has 0 aliphatic carbocycles. The van der Waals surface area contributed by atoms with Gasteiger partial charge in [-0.1, -0.05) is 66.2 Å². The summed E-state index contributed by atoms with van der Waals surface area (Å²) in [6.07, 6.45) is 0. The fraction of sp³-hybridized carbons (Fsp3) is 0.0870. The van der Waals surface area contributed by atoms with Gasteiger partial charge >= 0.3 is 0 Å². The molecule has 0 atom stereocenters. The lowest BCUT2D eigenvalue weighted by molar-refractivity contribution is 0.620. The summed E-state index contributed by atoms with van der Waals surface area (Å²) in [6, 6.07) is 23.5. The first-order valence-electron chi connectivity index (χ1n) is 8.33. The third-order valence-corrected chi connectivity index (χ3v) is 4.42. The minimum Gasteiger partial charge on any atom is -0.455 e. The van der Waals surface area contributed by atoms with Crippen LogP contribution in [0.25, 0.3) is 33.4 Å². The molecule has 0 N–H and O–H groups in total. The Labute approximate surface area is 146 Å². The van der Waals surface area contributed by atoms with Crippen molar-refractivity contribution in [3.8, 4) is 22.5 Å². The Hall–Kier alpha value is -3.13. The van der Waals surface area contributed by atoms with Gasteiger partial charge in [-0.15, -0.1) is 0 Å². The lowest BCUT2D eigenvalue weighted by Gasteiger charge is -2.11. The molecule has 2 heteroatoms. The van der Waals surface area contributed by atoms with E-state index in [2.05, 4.69) is 0 Å². The van der Waals surface area contributed by atoms with Gasteiger partial charge in [0.05, 0.1) is 10.9 Å². The third kappa shape index (κ3) is 2.76. The van der Waals surface area contributed by atoms with Gasteiger partial charge in [0.15, 0.2) is 0 Å². The zero-order chi connectivity index (χ0) is 17.4. The molecular weight excluding hydrogens is 308 g/mol. The van der Waals surface area contributed by atoms with E-state index in [1.807, 2.05) is 86.6 Å². The Balaban J connectivity index is 2.11. The monoisotopic (exact) mass is 326 g/mol. The molecule has 0 saturated carbocycles. The molecule has 0 saturated heterocycles. The molecule has 0 unspecified atom stereocenters. The largest absolute Gasteiger partial charge is 0.455 e. The smallest absolute Gasteiger partial charge is 0.201 e. The summed E-state index contributed by atoms with van der Waals surface area (Å²) >= 11 is 0. The van der Waals surface area contributed by atoms with Crippen LogP contribution in [0.4, 0.5) is 0 Å². The van der Waals surface area contributed by atoms with Gasteiger partial charge in [-0.3, -0.25) is 4.79 Å². The quantitative estimate of drug-likeness (QED) is 0.470. The average molecular weight is 326 g/mol. The van der Waals surface area contributed by atoms with Gasteiger partial charge in [0.1, 0.15) is 11.3 Å². The first-order valence-corrected chi connectivity index (χ1v) is 8.33. The summed E-state index contributed by atoms with van der Waals surface area (Å²) in [5.74, 6) is 0.620. The lowest BCUT2D eigenvalue weighted by atomic mass is 9.97. The van der Waals surface area contributed by atoms with Crippen LogP contribution in [0.5, 0.6) is 0 Å². The van der Waals surface area contributed by atoms with Crippen molar-refractivity contribution >= 4 is 11.0 Å².